The van der Waals surface area contributed by atoms with Crippen molar-refractivity contribution in [3.8, 4) is 0 Å². The van der Waals surface area contributed by atoms with Crippen LogP contribution in [0.5, 0.6) is 0 Å². The van der Waals surface area contributed by atoms with E-state index in [0.717, 1.165) is 6.42 Å². The van der Waals surface area contributed by atoms with Gasteiger partial charge >= 0.3 is 5.97 Å². The zero-order chi connectivity index (χ0) is 10.5. The fourth-order valence-electron chi connectivity index (χ4n) is 1.12. The number of hydrogen-bond donors (Lipinski definition) is 1. The van der Waals surface area contributed by atoms with Crippen LogP contribution in [-0.2, 0) is 9.53 Å². The molecular weight excluding hydrogens is 170 g/mol. The molecule has 78 valence electrons. The number of aliphatic carboxylic acids is 1. The van der Waals surface area contributed by atoms with Crippen molar-refractivity contribution in [1.29, 1.82) is 0 Å². The zero-order valence-corrected chi connectivity index (χ0v) is 8.83. The van der Waals surface area contributed by atoms with Gasteiger partial charge in [0.1, 0.15) is 0 Å². The van der Waals surface area contributed by atoms with Crippen LogP contribution in [0.4, 0.5) is 0 Å². The lowest BCUT2D eigenvalue weighted by Gasteiger charge is -2.35. The second-order valence-electron chi connectivity index (χ2n) is 3.70. The lowest BCUT2D eigenvalue weighted by Crippen LogP contribution is -2.44. The predicted molar refractivity (Wildman–Crippen MR) is 50.8 cm³/mol. The molecule has 4 nitrogen and oxygen atoms in total. The summed E-state index contributed by atoms with van der Waals surface area (Å²) in [6.07, 6.45) is 0.867. The fourth-order valence-corrected chi connectivity index (χ4v) is 1.12. The molecular formula is C9H19NO3. The molecule has 0 rings (SSSR count). The van der Waals surface area contributed by atoms with Gasteiger partial charge in [0.05, 0.1) is 6.42 Å². The third-order valence-electron chi connectivity index (χ3n) is 2.46. The molecule has 1 N–H and O–H groups in total. The number of carboxylic acid groups (broad SMARTS) is 1. The van der Waals surface area contributed by atoms with E-state index in [0.29, 0.717) is 6.61 Å². The van der Waals surface area contributed by atoms with Gasteiger partial charge in [0, 0.05) is 19.3 Å². The first-order valence-corrected chi connectivity index (χ1v) is 4.30. The SMILES string of the molecule is COCCC(C)(CC(=O)O)N(C)C. The van der Waals surface area contributed by atoms with Crippen LogP contribution in [0.3, 0.4) is 0 Å². The standard InChI is InChI=1S/C9H19NO3/c1-9(10(2)3,5-6-13-4)7-8(11)12/h5-7H2,1-4H3,(H,11,12). The summed E-state index contributed by atoms with van der Waals surface area (Å²) in [4.78, 5) is 12.5. The van der Waals surface area contributed by atoms with E-state index in [1.165, 1.54) is 0 Å². The van der Waals surface area contributed by atoms with Crippen LogP contribution < -0.4 is 0 Å². The van der Waals surface area contributed by atoms with E-state index in [1.807, 2.05) is 25.9 Å². The molecule has 0 aliphatic heterocycles. The monoisotopic (exact) mass is 189 g/mol. The van der Waals surface area contributed by atoms with Crippen LogP contribution >= 0.6 is 0 Å². The second kappa shape index (κ2) is 5.19. The summed E-state index contributed by atoms with van der Waals surface area (Å²) in [5, 5.41) is 8.73. The average molecular weight is 189 g/mol. The lowest BCUT2D eigenvalue weighted by molar-refractivity contribution is -0.140. The van der Waals surface area contributed by atoms with Crippen molar-refractivity contribution < 1.29 is 14.6 Å². The zero-order valence-electron chi connectivity index (χ0n) is 8.83. The van der Waals surface area contributed by atoms with Crippen LogP contribution in [0.1, 0.15) is 19.8 Å². The number of rotatable bonds is 6. The van der Waals surface area contributed by atoms with Crippen molar-refractivity contribution >= 4 is 5.97 Å². The van der Waals surface area contributed by atoms with E-state index in [1.54, 1.807) is 7.11 Å². The summed E-state index contributed by atoms with van der Waals surface area (Å²) >= 11 is 0. The van der Waals surface area contributed by atoms with Crippen molar-refractivity contribution in [2.24, 2.45) is 0 Å². The maximum atomic E-state index is 10.6. The molecule has 0 heterocycles. The molecule has 13 heavy (non-hydrogen) atoms. The highest BCUT2D eigenvalue weighted by Gasteiger charge is 2.29. The van der Waals surface area contributed by atoms with Crippen molar-refractivity contribution in [2.75, 3.05) is 27.8 Å². The Kier molecular flexibility index (Phi) is 4.95. The first-order chi connectivity index (χ1) is 5.92. The Morgan fingerprint density at radius 3 is 2.38 bits per heavy atom. The fraction of sp³-hybridized carbons (Fsp3) is 0.889. The highest BCUT2D eigenvalue weighted by molar-refractivity contribution is 5.68. The summed E-state index contributed by atoms with van der Waals surface area (Å²) in [5.74, 6) is -0.771. The Hall–Kier alpha value is -0.610. The van der Waals surface area contributed by atoms with Gasteiger partial charge in [0.25, 0.3) is 0 Å². The molecule has 0 aliphatic rings. The number of methoxy groups -OCH3 is 1. The van der Waals surface area contributed by atoms with Crippen LogP contribution in [0.15, 0.2) is 0 Å². The maximum absolute atomic E-state index is 10.6. The Labute approximate surface area is 79.5 Å². The molecule has 0 aromatic heterocycles. The van der Waals surface area contributed by atoms with Gasteiger partial charge in [-0.05, 0) is 27.4 Å². The molecule has 0 bridgehead atoms. The minimum absolute atomic E-state index is 0.142. The highest BCUT2D eigenvalue weighted by atomic mass is 16.5. The minimum Gasteiger partial charge on any atom is -0.481 e. The largest absolute Gasteiger partial charge is 0.481 e. The van der Waals surface area contributed by atoms with E-state index in [-0.39, 0.29) is 12.0 Å². The first kappa shape index (κ1) is 12.4. The third-order valence-corrected chi connectivity index (χ3v) is 2.46. The number of hydrogen-bond acceptors (Lipinski definition) is 3. The van der Waals surface area contributed by atoms with Gasteiger partial charge < -0.3 is 14.7 Å². The molecule has 0 aromatic rings. The van der Waals surface area contributed by atoms with E-state index < -0.39 is 5.97 Å². The highest BCUT2D eigenvalue weighted by Crippen LogP contribution is 2.20. The summed E-state index contributed by atoms with van der Waals surface area (Å²) in [7, 11) is 5.40. The second-order valence-corrected chi connectivity index (χ2v) is 3.70. The van der Waals surface area contributed by atoms with E-state index in [9.17, 15) is 4.79 Å². The van der Waals surface area contributed by atoms with Gasteiger partial charge in [0.15, 0.2) is 0 Å². The van der Waals surface area contributed by atoms with Crippen LogP contribution in [0, 0.1) is 0 Å². The third kappa shape index (κ3) is 4.24. The van der Waals surface area contributed by atoms with Crippen LogP contribution in [0.2, 0.25) is 0 Å². The normalized spacial score (nSPS) is 15.8. The number of carboxylic acids is 1. The molecule has 0 radical (unpaired) electrons. The molecule has 1 unspecified atom stereocenters. The van der Waals surface area contributed by atoms with Crippen molar-refractivity contribution in [2.45, 2.75) is 25.3 Å². The van der Waals surface area contributed by atoms with Gasteiger partial charge in [-0.2, -0.15) is 0 Å². The minimum atomic E-state index is -0.771. The van der Waals surface area contributed by atoms with E-state index >= 15 is 0 Å². The van der Waals surface area contributed by atoms with Gasteiger partial charge in [0.2, 0.25) is 0 Å². The Balaban J connectivity index is 4.24. The summed E-state index contributed by atoms with van der Waals surface area (Å²) in [6, 6.07) is 0. The number of ether oxygens (including phenoxy) is 1. The maximum Gasteiger partial charge on any atom is 0.305 e. The average Bonchev–Trinajstić information content (AvgIpc) is 1.99. The molecule has 0 aromatic carbocycles. The first-order valence-electron chi connectivity index (χ1n) is 4.30. The predicted octanol–water partition coefficient (Wildman–Crippen LogP) is 0.818. The molecule has 0 amide bonds. The van der Waals surface area contributed by atoms with Gasteiger partial charge in [-0.25, -0.2) is 0 Å². The lowest BCUT2D eigenvalue weighted by atomic mass is 9.93. The molecule has 0 saturated carbocycles. The number of carbonyl (C=O) groups is 1. The Bertz CT molecular complexity index is 170. The van der Waals surface area contributed by atoms with Crippen molar-refractivity contribution in [1.82, 2.24) is 4.90 Å². The quantitative estimate of drug-likeness (QED) is 0.672. The Morgan fingerprint density at radius 1 is 1.54 bits per heavy atom. The van der Waals surface area contributed by atoms with Crippen molar-refractivity contribution in [3.63, 3.8) is 0 Å². The van der Waals surface area contributed by atoms with E-state index in [4.69, 9.17) is 9.84 Å². The van der Waals surface area contributed by atoms with Gasteiger partial charge in [-0.1, -0.05) is 0 Å². The topological polar surface area (TPSA) is 49.8 Å². The molecule has 4 heteroatoms. The van der Waals surface area contributed by atoms with Crippen LogP contribution in [0.25, 0.3) is 0 Å². The summed E-state index contributed by atoms with van der Waals surface area (Å²) < 4.78 is 4.95. The summed E-state index contributed by atoms with van der Waals surface area (Å²) in [5.41, 5.74) is -0.318. The van der Waals surface area contributed by atoms with Crippen molar-refractivity contribution in [3.05, 3.63) is 0 Å². The Morgan fingerprint density at radius 2 is 2.08 bits per heavy atom. The molecule has 0 aliphatic carbocycles. The van der Waals surface area contributed by atoms with Gasteiger partial charge in [-0.3, -0.25) is 4.79 Å². The van der Waals surface area contributed by atoms with Gasteiger partial charge in [-0.15, -0.1) is 0 Å². The smallest absolute Gasteiger partial charge is 0.305 e. The summed E-state index contributed by atoms with van der Waals surface area (Å²) in [6.45, 7) is 2.52. The van der Waals surface area contributed by atoms with Crippen LogP contribution in [-0.4, -0.2) is 49.3 Å². The molecule has 0 spiro atoms. The molecule has 0 saturated heterocycles. The molecule has 1 atom stereocenters. The molecule has 0 fully saturated rings. The van der Waals surface area contributed by atoms with E-state index in [2.05, 4.69) is 0 Å². The number of nitrogens with zero attached hydrogens (tertiary/aromatic N) is 1.